The van der Waals surface area contributed by atoms with E-state index in [4.69, 9.17) is 16.0 Å². The number of anilines is 1. The summed E-state index contributed by atoms with van der Waals surface area (Å²) in [5, 5.41) is 4.24. The number of hydrogen-bond acceptors (Lipinski definition) is 2. The first kappa shape index (κ1) is 12.8. The summed E-state index contributed by atoms with van der Waals surface area (Å²) >= 11 is 5.88. The van der Waals surface area contributed by atoms with Crippen LogP contribution in [0.3, 0.4) is 0 Å². The molecule has 1 heterocycles. The molecule has 0 aliphatic heterocycles. The zero-order chi connectivity index (χ0) is 14.1. The van der Waals surface area contributed by atoms with Crippen molar-refractivity contribution in [3.63, 3.8) is 0 Å². The lowest BCUT2D eigenvalue weighted by atomic mass is 10.2. The van der Waals surface area contributed by atoms with Crippen molar-refractivity contribution in [1.82, 2.24) is 0 Å². The Labute approximate surface area is 121 Å². The van der Waals surface area contributed by atoms with E-state index in [1.807, 2.05) is 25.1 Å². The minimum absolute atomic E-state index is 0.283. The number of furan rings is 1. The van der Waals surface area contributed by atoms with Crippen LogP contribution in [0.15, 0.2) is 52.9 Å². The summed E-state index contributed by atoms with van der Waals surface area (Å²) in [7, 11) is 0. The predicted molar refractivity (Wildman–Crippen MR) is 80.4 cm³/mol. The summed E-state index contributed by atoms with van der Waals surface area (Å²) < 4.78 is 5.57. The molecule has 0 radical (unpaired) electrons. The molecule has 100 valence electrons. The van der Waals surface area contributed by atoms with Crippen molar-refractivity contribution in [2.45, 2.75) is 6.92 Å². The number of carbonyl (C=O) groups is 1. The van der Waals surface area contributed by atoms with Gasteiger partial charge in [-0.2, -0.15) is 0 Å². The lowest BCUT2D eigenvalue weighted by Gasteiger charge is -2.02. The first-order valence-electron chi connectivity index (χ1n) is 6.19. The molecule has 1 amide bonds. The van der Waals surface area contributed by atoms with E-state index in [9.17, 15) is 4.79 Å². The molecule has 0 saturated heterocycles. The molecule has 3 aromatic rings. The molecule has 0 unspecified atom stereocenters. The van der Waals surface area contributed by atoms with Crippen LogP contribution in [0.4, 0.5) is 5.69 Å². The molecule has 0 aliphatic carbocycles. The van der Waals surface area contributed by atoms with Gasteiger partial charge in [-0.25, -0.2) is 0 Å². The van der Waals surface area contributed by atoms with E-state index in [1.54, 1.807) is 30.3 Å². The molecule has 4 heteroatoms. The number of fused-ring (bicyclic) bond motifs is 1. The topological polar surface area (TPSA) is 42.2 Å². The zero-order valence-corrected chi connectivity index (χ0v) is 11.6. The summed E-state index contributed by atoms with van der Waals surface area (Å²) in [5.74, 6) is -0.00769. The van der Waals surface area contributed by atoms with Crippen molar-refractivity contribution < 1.29 is 9.21 Å². The lowest BCUT2D eigenvalue weighted by molar-refractivity contribution is 0.0998. The summed E-state index contributed by atoms with van der Waals surface area (Å²) in [6.07, 6.45) is 0. The fourth-order valence-corrected chi connectivity index (χ4v) is 2.20. The van der Waals surface area contributed by atoms with Gasteiger partial charge in [0.05, 0.1) is 0 Å². The molecule has 0 fully saturated rings. The molecule has 0 bridgehead atoms. The fraction of sp³-hybridized carbons (Fsp3) is 0.0625. The third-order valence-corrected chi connectivity index (χ3v) is 3.22. The summed E-state index contributed by atoms with van der Waals surface area (Å²) in [6.45, 7) is 1.98. The molecule has 3 nitrogen and oxygen atoms in total. The van der Waals surface area contributed by atoms with E-state index in [0.717, 1.165) is 10.9 Å². The van der Waals surface area contributed by atoms with Gasteiger partial charge in [-0.05, 0) is 42.8 Å². The molecular weight excluding hydrogens is 274 g/mol. The zero-order valence-electron chi connectivity index (χ0n) is 10.8. The maximum atomic E-state index is 12.1. The second kappa shape index (κ2) is 5.02. The summed E-state index contributed by atoms with van der Waals surface area (Å²) in [4.78, 5) is 12.1. The first-order chi connectivity index (χ1) is 9.61. The van der Waals surface area contributed by atoms with Crippen molar-refractivity contribution in [2.24, 2.45) is 0 Å². The molecule has 3 rings (SSSR count). The molecule has 0 aliphatic rings. The van der Waals surface area contributed by atoms with Gasteiger partial charge in [-0.3, -0.25) is 4.79 Å². The number of carbonyl (C=O) groups excluding carboxylic acids is 1. The highest BCUT2D eigenvalue weighted by molar-refractivity contribution is 6.30. The van der Waals surface area contributed by atoms with Crippen LogP contribution in [-0.4, -0.2) is 5.91 Å². The fourth-order valence-electron chi connectivity index (χ4n) is 2.01. The highest BCUT2D eigenvalue weighted by Crippen LogP contribution is 2.22. The van der Waals surface area contributed by atoms with Crippen LogP contribution in [0.2, 0.25) is 5.02 Å². The van der Waals surface area contributed by atoms with Gasteiger partial charge in [0.2, 0.25) is 0 Å². The Morgan fingerprint density at radius 2 is 2.00 bits per heavy atom. The number of hydrogen-bond donors (Lipinski definition) is 1. The highest BCUT2D eigenvalue weighted by Gasteiger charge is 2.12. The second-order valence-electron chi connectivity index (χ2n) is 4.62. The average molecular weight is 286 g/mol. The van der Waals surface area contributed by atoms with Crippen molar-refractivity contribution in [3.05, 3.63) is 64.9 Å². The molecule has 0 spiro atoms. The second-order valence-corrected chi connectivity index (χ2v) is 5.05. The minimum Gasteiger partial charge on any atom is -0.451 e. The van der Waals surface area contributed by atoms with Crippen molar-refractivity contribution in [3.8, 4) is 0 Å². The van der Waals surface area contributed by atoms with E-state index in [2.05, 4.69) is 5.32 Å². The standard InChI is InChI=1S/C16H12ClNO2/c1-10-5-6-11-8-15(20-14(11)7-10)16(19)18-13-4-2-3-12(17)9-13/h2-9H,1H3,(H,18,19). The van der Waals surface area contributed by atoms with E-state index in [0.29, 0.717) is 16.3 Å². The van der Waals surface area contributed by atoms with Crippen LogP contribution in [0.5, 0.6) is 0 Å². The Morgan fingerprint density at radius 1 is 1.15 bits per heavy atom. The average Bonchev–Trinajstić information content (AvgIpc) is 2.81. The Morgan fingerprint density at radius 3 is 2.80 bits per heavy atom. The molecule has 1 aromatic heterocycles. The number of halogens is 1. The van der Waals surface area contributed by atoms with Crippen molar-refractivity contribution in [2.75, 3.05) is 5.32 Å². The Bertz CT molecular complexity index is 792. The van der Waals surface area contributed by atoms with Gasteiger partial charge in [0.15, 0.2) is 5.76 Å². The Hall–Kier alpha value is -2.26. The smallest absolute Gasteiger partial charge is 0.291 e. The third kappa shape index (κ3) is 2.53. The minimum atomic E-state index is -0.291. The van der Waals surface area contributed by atoms with Crippen LogP contribution in [0.25, 0.3) is 11.0 Å². The maximum absolute atomic E-state index is 12.1. The van der Waals surface area contributed by atoms with E-state index in [-0.39, 0.29) is 11.7 Å². The molecule has 0 atom stereocenters. The van der Waals surface area contributed by atoms with Crippen LogP contribution in [0, 0.1) is 6.92 Å². The molecule has 1 N–H and O–H groups in total. The molecule has 2 aromatic carbocycles. The number of benzene rings is 2. The Kier molecular flexibility index (Phi) is 3.20. The van der Waals surface area contributed by atoms with Crippen LogP contribution < -0.4 is 5.32 Å². The van der Waals surface area contributed by atoms with Gasteiger partial charge in [0.1, 0.15) is 5.58 Å². The van der Waals surface area contributed by atoms with Gasteiger partial charge < -0.3 is 9.73 Å². The lowest BCUT2D eigenvalue weighted by Crippen LogP contribution is -2.10. The maximum Gasteiger partial charge on any atom is 0.291 e. The van der Waals surface area contributed by atoms with Crippen LogP contribution in [0.1, 0.15) is 16.1 Å². The van der Waals surface area contributed by atoms with Crippen molar-refractivity contribution in [1.29, 1.82) is 0 Å². The highest BCUT2D eigenvalue weighted by atomic mass is 35.5. The molecular formula is C16H12ClNO2. The summed E-state index contributed by atoms with van der Waals surface area (Å²) in [5.41, 5.74) is 2.44. The van der Waals surface area contributed by atoms with E-state index < -0.39 is 0 Å². The number of nitrogens with one attached hydrogen (secondary N) is 1. The van der Waals surface area contributed by atoms with Gasteiger partial charge in [-0.15, -0.1) is 0 Å². The van der Waals surface area contributed by atoms with Crippen molar-refractivity contribution >= 4 is 34.2 Å². The number of amides is 1. The predicted octanol–water partition coefficient (Wildman–Crippen LogP) is 4.65. The first-order valence-corrected chi connectivity index (χ1v) is 6.57. The quantitative estimate of drug-likeness (QED) is 0.745. The number of aryl methyl sites for hydroxylation is 1. The summed E-state index contributed by atoms with van der Waals surface area (Å²) in [6, 6.07) is 14.5. The Balaban J connectivity index is 1.88. The monoisotopic (exact) mass is 285 g/mol. The van der Waals surface area contributed by atoms with E-state index >= 15 is 0 Å². The van der Waals surface area contributed by atoms with Gasteiger partial charge >= 0.3 is 0 Å². The van der Waals surface area contributed by atoms with Gasteiger partial charge in [0.25, 0.3) is 5.91 Å². The third-order valence-electron chi connectivity index (χ3n) is 2.98. The van der Waals surface area contributed by atoms with Gasteiger partial charge in [0, 0.05) is 16.1 Å². The molecule has 20 heavy (non-hydrogen) atoms. The van der Waals surface area contributed by atoms with Crippen LogP contribution >= 0.6 is 11.6 Å². The van der Waals surface area contributed by atoms with Gasteiger partial charge in [-0.1, -0.05) is 29.8 Å². The largest absolute Gasteiger partial charge is 0.451 e. The molecule has 0 saturated carbocycles. The van der Waals surface area contributed by atoms with E-state index in [1.165, 1.54) is 0 Å². The SMILES string of the molecule is Cc1ccc2cc(C(=O)Nc3cccc(Cl)c3)oc2c1. The van der Waals surface area contributed by atoms with Crippen LogP contribution in [-0.2, 0) is 0 Å². The number of rotatable bonds is 2. The normalized spacial score (nSPS) is 10.7.